The molecule has 0 amide bonds. The van der Waals surface area contributed by atoms with Gasteiger partial charge in [-0.05, 0) is 56.3 Å². The summed E-state index contributed by atoms with van der Waals surface area (Å²) in [5, 5.41) is 0.781. The van der Waals surface area contributed by atoms with E-state index in [2.05, 4.69) is 42.3 Å². The van der Waals surface area contributed by atoms with Gasteiger partial charge in [-0.3, -0.25) is 9.88 Å². The molecule has 2 nitrogen and oxygen atoms in total. The number of aromatic nitrogens is 1. The Morgan fingerprint density at radius 3 is 2.70 bits per heavy atom. The summed E-state index contributed by atoms with van der Waals surface area (Å²) in [7, 11) is 2.19. The number of hydrogen-bond acceptors (Lipinski definition) is 2. The van der Waals surface area contributed by atoms with E-state index in [4.69, 9.17) is 16.6 Å². The number of pyridine rings is 1. The molecule has 20 heavy (non-hydrogen) atoms. The molecule has 3 heteroatoms. The van der Waals surface area contributed by atoms with Gasteiger partial charge in [-0.1, -0.05) is 29.8 Å². The number of halogens is 1. The summed E-state index contributed by atoms with van der Waals surface area (Å²) in [6, 6.07) is 14.9. The van der Waals surface area contributed by atoms with E-state index in [1.54, 1.807) is 0 Å². The SMILES string of the molecule is CN1CCC[C@@H]1c1cccc(Cc2ccc(Cl)cc2)n1. The molecule has 1 atom stereocenters. The summed E-state index contributed by atoms with van der Waals surface area (Å²) in [4.78, 5) is 7.25. The second-order valence-electron chi connectivity index (χ2n) is 5.50. The van der Waals surface area contributed by atoms with Gasteiger partial charge in [-0.25, -0.2) is 0 Å². The molecule has 0 radical (unpaired) electrons. The van der Waals surface area contributed by atoms with Crippen LogP contribution in [0.4, 0.5) is 0 Å². The molecule has 3 rings (SSSR count). The molecule has 2 aromatic rings. The summed E-state index contributed by atoms with van der Waals surface area (Å²) in [5.41, 5.74) is 3.58. The van der Waals surface area contributed by atoms with Gasteiger partial charge < -0.3 is 0 Å². The highest BCUT2D eigenvalue weighted by Gasteiger charge is 2.23. The second-order valence-corrected chi connectivity index (χ2v) is 5.93. The molecular weight excluding hydrogens is 268 g/mol. The third-order valence-electron chi connectivity index (χ3n) is 3.99. The molecule has 1 saturated heterocycles. The molecule has 0 spiro atoms. The first kappa shape index (κ1) is 13.6. The minimum atomic E-state index is 0.486. The van der Waals surface area contributed by atoms with Crippen LogP contribution >= 0.6 is 11.6 Å². The van der Waals surface area contributed by atoms with Crippen molar-refractivity contribution >= 4 is 11.6 Å². The first-order valence-corrected chi connectivity index (χ1v) is 7.51. The third-order valence-corrected chi connectivity index (χ3v) is 4.24. The van der Waals surface area contributed by atoms with Gasteiger partial charge in [0.1, 0.15) is 0 Å². The van der Waals surface area contributed by atoms with Gasteiger partial charge in [0.15, 0.2) is 0 Å². The number of benzene rings is 1. The summed E-state index contributed by atoms with van der Waals surface area (Å²) in [5.74, 6) is 0. The maximum absolute atomic E-state index is 5.92. The molecule has 0 N–H and O–H groups in total. The fourth-order valence-electron chi connectivity index (χ4n) is 2.88. The Bertz CT molecular complexity index is 580. The van der Waals surface area contributed by atoms with Crippen LogP contribution in [0, 0.1) is 0 Å². The Hall–Kier alpha value is -1.38. The maximum Gasteiger partial charge on any atom is 0.0578 e. The topological polar surface area (TPSA) is 16.1 Å². The minimum absolute atomic E-state index is 0.486. The number of hydrogen-bond donors (Lipinski definition) is 0. The van der Waals surface area contributed by atoms with E-state index >= 15 is 0 Å². The van der Waals surface area contributed by atoms with Crippen molar-refractivity contribution in [3.8, 4) is 0 Å². The first-order valence-electron chi connectivity index (χ1n) is 7.13. The van der Waals surface area contributed by atoms with Crippen molar-refractivity contribution in [1.82, 2.24) is 9.88 Å². The summed E-state index contributed by atoms with van der Waals surface area (Å²) >= 11 is 5.92. The van der Waals surface area contributed by atoms with Crippen LogP contribution < -0.4 is 0 Å². The predicted octanol–water partition coefficient (Wildman–Crippen LogP) is 4.09. The molecular formula is C17H19ClN2. The number of likely N-dealkylation sites (tertiary alicyclic amines) is 1. The van der Waals surface area contributed by atoms with Gasteiger partial charge in [0, 0.05) is 17.1 Å². The van der Waals surface area contributed by atoms with E-state index in [1.165, 1.54) is 30.6 Å². The monoisotopic (exact) mass is 286 g/mol. The fraction of sp³-hybridized carbons (Fsp3) is 0.353. The number of nitrogens with zero attached hydrogens (tertiary/aromatic N) is 2. The molecule has 0 saturated carbocycles. The predicted molar refractivity (Wildman–Crippen MR) is 83.1 cm³/mol. The normalized spacial score (nSPS) is 19.4. The van der Waals surface area contributed by atoms with Gasteiger partial charge in [0.05, 0.1) is 11.7 Å². The molecule has 0 aliphatic carbocycles. The van der Waals surface area contributed by atoms with E-state index in [0.29, 0.717) is 6.04 Å². The largest absolute Gasteiger partial charge is 0.298 e. The van der Waals surface area contributed by atoms with Gasteiger partial charge in [-0.2, -0.15) is 0 Å². The van der Waals surface area contributed by atoms with Gasteiger partial charge in [0.2, 0.25) is 0 Å². The fourth-order valence-corrected chi connectivity index (χ4v) is 3.00. The lowest BCUT2D eigenvalue weighted by atomic mass is 10.1. The minimum Gasteiger partial charge on any atom is -0.298 e. The van der Waals surface area contributed by atoms with Crippen LogP contribution in [-0.2, 0) is 6.42 Å². The Balaban J connectivity index is 1.79. The van der Waals surface area contributed by atoms with Crippen molar-refractivity contribution < 1.29 is 0 Å². The molecule has 1 aliphatic rings. The molecule has 0 unspecified atom stereocenters. The van der Waals surface area contributed by atoms with Crippen molar-refractivity contribution in [1.29, 1.82) is 0 Å². The van der Waals surface area contributed by atoms with E-state index < -0.39 is 0 Å². The van der Waals surface area contributed by atoms with Crippen molar-refractivity contribution in [3.05, 3.63) is 64.4 Å². The van der Waals surface area contributed by atoms with Crippen molar-refractivity contribution in [2.24, 2.45) is 0 Å². The average Bonchev–Trinajstić information content (AvgIpc) is 2.88. The van der Waals surface area contributed by atoms with Gasteiger partial charge in [-0.15, -0.1) is 0 Å². The highest BCUT2D eigenvalue weighted by Crippen LogP contribution is 2.29. The Kier molecular flexibility index (Phi) is 4.04. The molecule has 104 valence electrons. The maximum atomic E-state index is 5.92. The molecule has 1 aromatic carbocycles. The standard InChI is InChI=1S/C17H19ClN2/c1-20-11-3-6-17(20)16-5-2-4-15(19-16)12-13-7-9-14(18)10-8-13/h2,4-5,7-10,17H,3,6,11-12H2,1H3/t17-/m1/s1. The zero-order valence-corrected chi connectivity index (χ0v) is 12.5. The van der Waals surface area contributed by atoms with Crippen molar-refractivity contribution in [2.45, 2.75) is 25.3 Å². The van der Waals surface area contributed by atoms with Crippen molar-refractivity contribution in [3.63, 3.8) is 0 Å². The quantitative estimate of drug-likeness (QED) is 0.845. The van der Waals surface area contributed by atoms with E-state index in [-0.39, 0.29) is 0 Å². The summed E-state index contributed by atoms with van der Waals surface area (Å²) < 4.78 is 0. The van der Waals surface area contributed by atoms with Gasteiger partial charge >= 0.3 is 0 Å². The Labute approximate surface area is 125 Å². The van der Waals surface area contributed by atoms with E-state index in [0.717, 1.165) is 17.1 Å². The highest BCUT2D eigenvalue weighted by atomic mass is 35.5. The van der Waals surface area contributed by atoms with Crippen LogP contribution in [-0.4, -0.2) is 23.5 Å². The van der Waals surface area contributed by atoms with Crippen LogP contribution in [0.1, 0.15) is 35.8 Å². The average molecular weight is 287 g/mol. The molecule has 1 aliphatic heterocycles. The molecule has 1 fully saturated rings. The Morgan fingerprint density at radius 2 is 2.00 bits per heavy atom. The third kappa shape index (κ3) is 3.02. The lowest BCUT2D eigenvalue weighted by Crippen LogP contribution is -2.18. The van der Waals surface area contributed by atoms with Crippen LogP contribution in [0.5, 0.6) is 0 Å². The van der Waals surface area contributed by atoms with Gasteiger partial charge in [0.25, 0.3) is 0 Å². The summed E-state index contributed by atoms with van der Waals surface area (Å²) in [6.45, 7) is 1.17. The zero-order valence-electron chi connectivity index (χ0n) is 11.7. The molecule has 1 aromatic heterocycles. The van der Waals surface area contributed by atoms with Crippen LogP contribution in [0.3, 0.4) is 0 Å². The van der Waals surface area contributed by atoms with Crippen LogP contribution in [0.25, 0.3) is 0 Å². The lowest BCUT2D eigenvalue weighted by molar-refractivity contribution is 0.311. The smallest absolute Gasteiger partial charge is 0.0578 e. The molecule has 2 heterocycles. The Morgan fingerprint density at radius 1 is 1.20 bits per heavy atom. The van der Waals surface area contributed by atoms with E-state index in [1.807, 2.05) is 12.1 Å². The lowest BCUT2D eigenvalue weighted by Gasteiger charge is -2.19. The number of rotatable bonds is 3. The first-order chi connectivity index (χ1) is 9.72. The van der Waals surface area contributed by atoms with Crippen LogP contribution in [0.2, 0.25) is 5.02 Å². The highest BCUT2D eigenvalue weighted by molar-refractivity contribution is 6.30. The van der Waals surface area contributed by atoms with Crippen molar-refractivity contribution in [2.75, 3.05) is 13.6 Å². The van der Waals surface area contributed by atoms with Crippen LogP contribution in [0.15, 0.2) is 42.5 Å². The van der Waals surface area contributed by atoms with E-state index in [9.17, 15) is 0 Å². The zero-order chi connectivity index (χ0) is 13.9. The molecule has 0 bridgehead atoms. The summed E-state index contributed by atoms with van der Waals surface area (Å²) in [6.07, 6.45) is 3.35. The second kappa shape index (κ2) is 5.94.